The smallest absolute Gasteiger partial charge is 0.303 e. The lowest BCUT2D eigenvalue weighted by atomic mass is 9.94. The van der Waals surface area contributed by atoms with Crippen LogP contribution in [0.4, 0.5) is 0 Å². The first-order valence-corrected chi connectivity index (χ1v) is 15.2. The van der Waals surface area contributed by atoms with Crippen LogP contribution in [0.15, 0.2) is 0 Å². The highest BCUT2D eigenvalue weighted by Crippen LogP contribution is 2.33. The maximum atomic E-state index is 12.4. The van der Waals surface area contributed by atoms with E-state index in [1.54, 1.807) is 0 Å². The summed E-state index contributed by atoms with van der Waals surface area (Å²) in [7, 11) is 1.18. The molecule has 2 rings (SSSR count). The molecule has 0 spiro atoms. The molecule has 0 aliphatic carbocycles. The fourth-order valence-electron chi connectivity index (χ4n) is 5.33. The maximum absolute atomic E-state index is 12.4. The number of esters is 7. The van der Waals surface area contributed by atoms with Gasteiger partial charge in [-0.2, -0.15) is 0 Å². The van der Waals surface area contributed by atoms with E-state index in [1.165, 1.54) is 7.11 Å². The van der Waals surface area contributed by atoms with Crippen molar-refractivity contribution in [2.75, 3.05) is 20.3 Å². The SMILES string of the molecule is CO[C@H]1O[C@H](C(COC2OC(COC(C)=O)C(OC(C)=O)C(OC(C)=O)C2NC(C)=O)OC(C)=O)[C@@H](OC(C)=O)[C@H](OC(C)=O)[C@H]1OC(C)=O. The second kappa shape index (κ2) is 19.1. The maximum Gasteiger partial charge on any atom is 0.303 e. The standard InChI is InChI=1S/C30H43NO19/c1-12(32)31-22-25(45-16(5)36)23(44-15(4)35)21(10-41-13(2)33)49-29(22)42-11-20(43-14(3)34)24-26(46-17(6)37)27(47-18(7)38)28(48-19(8)39)30(40-9)50-24/h20-30H,10-11H2,1-9H3,(H,31,32)/t20?,21?,22?,23?,24-,25?,26-,27+,28-,29?,30+/m1/s1. The molecular formula is C30H43NO19. The molecule has 6 unspecified atom stereocenters. The molecule has 50 heavy (non-hydrogen) atoms. The summed E-state index contributed by atoms with van der Waals surface area (Å²) in [5.41, 5.74) is 0. The summed E-state index contributed by atoms with van der Waals surface area (Å²) in [4.78, 5) is 97.0. The molecule has 2 saturated heterocycles. The molecule has 2 heterocycles. The Kier molecular flexibility index (Phi) is 16.0. The average Bonchev–Trinajstić information content (AvgIpc) is 2.97. The van der Waals surface area contributed by atoms with E-state index in [0.717, 1.165) is 55.4 Å². The number of hydrogen-bond acceptors (Lipinski definition) is 19. The summed E-state index contributed by atoms with van der Waals surface area (Å²) >= 11 is 0. The topological polar surface area (TPSA) is 250 Å². The van der Waals surface area contributed by atoms with E-state index in [4.69, 9.17) is 52.1 Å². The summed E-state index contributed by atoms with van der Waals surface area (Å²) in [6, 6.07) is -1.39. The van der Waals surface area contributed by atoms with Crippen LogP contribution >= 0.6 is 0 Å². The van der Waals surface area contributed by atoms with Crippen molar-refractivity contribution in [1.82, 2.24) is 5.32 Å². The van der Waals surface area contributed by atoms with Crippen molar-refractivity contribution in [2.45, 2.75) is 123 Å². The highest BCUT2D eigenvalue weighted by Gasteiger charge is 2.56. The molecule has 2 fully saturated rings. The Morgan fingerprint density at radius 1 is 0.580 bits per heavy atom. The van der Waals surface area contributed by atoms with Gasteiger partial charge >= 0.3 is 41.8 Å². The number of methoxy groups -OCH3 is 1. The molecule has 20 nitrogen and oxygen atoms in total. The fourth-order valence-corrected chi connectivity index (χ4v) is 5.33. The van der Waals surface area contributed by atoms with Crippen LogP contribution in [0.1, 0.15) is 55.4 Å². The normalized spacial score (nSPS) is 29.6. The van der Waals surface area contributed by atoms with E-state index in [2.05, 4.69) is 5.32 Å². The van der Waals surface area contributed by atoms with E-state index < -0.39 is 128 Å². The first-order chi connectivity index (χ1) is 23.3. The van der Waals surface area contributed by atoms with Gasteiger partial charge in [-0.25, -0.2) is 0 Å². The lowest BCUT2D eigenvalue weighted by Gasteiger charge is -2.47. The quantitative estimate of drug-likeness (QED) is 0.163. The zero-order valence-electron chi connectivity index (χ0n) is 29.0. The minimum Gasteiger partial charge on any atom is -0.463 e. The molecule has 1 N–H and O–H groups in total. The Morgan fingerprint density at radius 2 is 1.08 bits per heavy atom. The van der Waals surface area contributed by atoms with Crippen molar-refractivity contribution in [3.05, 3.63) is 0 Å². The number of ether oxygens (including phenoxy) is 11. The third-order valence-corrected chi connectivity index (χ3v) is 6.85. The molecule has 0 aromatic carbocycles. The van der Waals surface area contributed by atoms with Gasteiger partial charge in [-0.1, -0.05) is 0 Å². The Morgan fingerprint density at radius 3 is 1.56 bits per heavy atom. The highest BCUT2D eigenvalue weighted by atomic mass is 16.7. The zero-order chi connectivity index (χ0) is 37.9. The lowest BCUT2D eigenvalue weighted by Crippen LogP contribution is -2.67. The van der Waals surface area contributed by atoms with Crippen LogP contribution in [0.3, 0.4) is 0 Å². The van der Waals surface area contributed by atoms with E-state index in [1.807, 2.05) is 0 Å². The van der Waals surface area contributed by atoms with E-state index in [0.29, 0.717) is 0 Å². The van der Waals surface area contributed by atoms with Crippen LogP contribution in [0.2, 0.25) is 0 Å². The third-order valence-electron chi connectivity index (χ3n) is 6.85. The van der Waals surface area contributed by atoms with Gasteiger partial charge in [0.25, 0.3) is 0 Å². The molecule has 0 aromatic heterocycles. The molecule has 1 amide bonds. The van der Waals surface area contributed by atoms with Crippen molar-refractivity contribution in [3.63, 3.8) is 0 Å². The molecule has 2 aliphatic rings. The molecule has 2 aliphatic heterocycles. The lowest BCUT2D eigenvalue weighted by molar-refractivity contribution is -0.320. The number of nitrogens with one attached hydrogen (secondary N) is 1. The van der Waals surface area contributed by atoms with Crippen molar-refractivity contribution in [1.29, 1.82) is 0 Å². The number of hydrogen-bond donors (Lipinski definition) is 1. The van der Waals surface area contributed by atoms with E-state index in [-0.39, 0.29) is 0 Å². The van der Waals surface area contributed by atoms with Crippen molar-refractivity contribution >= 4 is 47.7 Å². The van der Waals surface area contributed by atoms with Gasteiger partial charge in [0.2, 0.25) is 5.91 Å². The van der Waals surface area contributed by atoms with Crippen LogP contribution in [-0.4, -0.2) is 135 Å². The van der Waals surface area contributed by atoms with Gasteiger partial charge in [-0.15, -0.1) is 0 Å². The predicted molar refractivity (Wildman–Crippen MR) is 158 cm³/mol. The van der Waals surface area contributed by atoms with Crippen molar-refractivity contribution in [3.8, 4) is 0 Å². The predicted octanol–water partition coefficient (Wildman–Crippen LogP) is -1.24. The zero-order valence-corrected chi connectivity index (χ0v) is 29.0. The first-order valence-electron chi connectivity index (χ1n) is 15.2. The van der Waals surface area contributed by atoms with Crippen molar-refractivity contribution < 1.29 is 90.5 Å². The molecule has 0 saturated carbocycles. The van der Waals surface area contributed by atoms with E-state index >= 15 is 0 Å². The largest absolute Gasteiger partial charge is 0.463 e. The van der Waals surface area contributed by atoms with Crippen LogP contribution in [-0.2, 0) is 90.5 Å². The Hall–Kier alpha value is -4.40. The highest BCUT2D eigenvalue weighted by molar-refractivity contribution is 5.74. The molecule has 0 bridgehead atoms. The summed E-state index contributed by atoms with van der Waals surface area (Å²) in [5, 5.41) is 2.52. The second-order valence-electron chi connectivity index (χ2n) is 11.1. The molecular weight excluding hydrogens is 678 g/mol. The van der Waals surface area contributed by atoms with Crippen LogP contribution in [0.5, 0.6) is 0 Å². The summed E-state index contributed by atoms with van der Waals surface area (Å²) in [5.74, 6) is -6.54. The Bertz CT molecular complexity index is 1270. The molecule has 0 radical (unpaired) electrons. The minimum absolute atomic E-state index is 0.525. The van der Waals surface area contributed by atoms with Gasteiger partial charge in [0, 0.05) is 62.5 Å². The number of rotatable bonds is 14. The number of carbonyl (C=O) groups excluding carboxylic acids is 8. The molecule has 20 heteroatoms. The fraction of sp³-hybridized carbons (Fsp3) is 0.733. The van der Waals surface area contributed by atoms with Gasteiger partial charge in [-0.3, -0.25) is 38.4 Å². The minimum atomic E-state index is -1.60. The van der Waals surface area contributed by atoms with Crippen LogP contribution in [0.25, 0.3) is 0 Å². The summed E-state index contributed by atoms with van der Waals surface area (Å²) < 4.78 is 60.9. The van der Waals surface area contributed by atoms with Gasteiger partial charge in [0.05, 0.1) is 6.61 Å². The summed E-state index contributed by atoms with van der Waals surface area (Å²) in [6.45, 7) is 7.36. The van der Waals surface area contributed by atoms with Gasteiger partial charge < -0.3 is 57.4 Å². The van der Waals surface area contributed by atoms with Crippen molar-refractivity contribution in [2.24, 2.45) is 0 Å². The van der Waals surface area contributed by atoms with Gasteiger partial charge in [0.15, 0.2) is 49.2 Å². The van der Waals surface area contributed by atoms with Crippen LogP contribution in [0, 0.1) is 0 Å². The summed E-state index contributed by atoms with van der Waals surface area (Å²) in [6.07, 6.45) is -15.0. The molecule has 282 valence electrons. The number of amides is 1. The monoisotopic (exact) mass is 721 g/mol. The molecule has 0 aromatic rings. The Balaban J connectivity index is 2.62. The third kappa shape index (κ3) is 12.5. The van der Waals surface area contributed by atoms with Gasteiger partial charge in [0.1, 0.15) is 24.9 Å². The molecule has 11 atom stereocenters. The Labute approximate surface area is 286 Å². The first kappa shape index (κ1) is 41.8. The van der Waals surface area contributed by atoms with Crippen LogP contribution < -0.4 is 5.32 Å². The van der Waals surface area contributed by atoms with E-state index in [9.17, 15) is 38.4 Å². The second-order valence-corrected chi connectivity index (χ2v) is 11.1. The average molecular weight is 722 g/mol. The van der Waals surface area contributed by atoms with Gasteiger partial charge in [-0.05, 0) is 0 Å². The number of carbonyl (C=O) groups is 8.